The lowest BCUT2D eigenvalue weighted by Gasteiger charge is -2.16. The Bertz CT molecular complexity index is 184. The number of hydrogen-bond acceptors (Lipinski definition) is 2. The van der Waals surface area contributed by atoms with E-state index in [1.165, 1.54) is 0 Å². The number of Topliss-reactive ketones (excluding diaryl/α,β-unsaturated/α-hetero) is 1. The summed E-state index contributed by atoms with van der Waals surface area (Å²) >= 11 is 0. The van der Waals surface area contributed by atoms with E-state index in [-0.39, 0.29) is 7.21 Å². The molecule has 1 rings (SSSR count). The topological polar surface area (TPSA) is 43.1 Å². The summed E-state index contributed by atoms with van der Waals surface area (Å²) in [6.07, 6.45) is 0. The molecule has 10 heavy (non-hydrogen) atoms. The highest BCUT2D eigenvalue weighted by Gasteiger charge is 2.24. The molecule has 1 aliphatic carbocycles. The van der Waals surface area contributed by atoms with Crippen LogP contribution < -0.4 is 5.73 Å². The van der Waals surface area contributed by atoms with Crippen molar-refractivity contribution in [3.8, 4) is 0 Å². The molecule has 0 bridgehead atoms. The lowest BCUT2D eigenvalue weighted by molar-refractivity contribution is -0.113. The molecule has 0 aromatic carbocycles. The second kappa shape index (κ2) is 3.20. The van der Waals surface area contributed by atoms with E-state index < -0.39 is 0 Å². The predicted molar refractivity (Wildman–Crippen MR) is 44.5 cm³/mol. The minimum atomic E-state index is -0.0949. The van der Waals surface area contributed by atoms with Gasteiger partial charge in [-0.25, -0.2) is 0 Å². The van der Waals surface area contributed by atoms with Crippen molar-refractivity contribution in [3.05, 3.63) is 23.4 Å². The van der Waals surface area contributed by atoms with E-state index >= 15 is 0 Å². The molecule has 0 saturated heterocycles. The lowest BCUT2D eigenvalue weighted by atomic mass is 9.89. The van der Waals surface area contributed by atoms with Gasteiger partial charge in [-0.1, -0.05) is 20.4 Å². The van der Waals surface area contributed by atoms with Crippen molar-refractivity contribution in [2.45, 2.75) is 20.8 Å². The number of carbonyl (C=O) groups excluding carboxylic acids is 1. The molecule has 0 spiro atoms. The van der Waals surface area contributed by atoms with Crippen LogP contribution in [-0.2, 0) is 4.79 Å². The molecule has 2 N–H and O–H groups in total. The summed E-state index contributed by atoms with van der Waals surface area (Å²) < 4.78 is 0. The third-order valence-corrected chi connectivity index (χ3v) is 1.38. The molecular formula is C8H15NO. The molecule has 0 heterocycles. The fourth-order valence-corrected chi connectivity index (χ4v) is 0.603. The summed E-state index contributed by atoms with van der Waals surface area (Å²) in [5, 5.41) is 0. The van der Waals surface area contributed by atoms with Crippen LogP contribution in [0.2, 0.25) is 0 Å². The van der Waals surface area contributed by atoms with Gasteiger partial charge < -0.3 is 5.73 Å². The predicted octanol–water partition coefficient (Wildman–Crippen LogP) is 1.63. The van der Waals surface area contributed by atoms with E-state index in [9.17, 15) is 4.79 Å². The molecule has 0 aromatic rings. The molecule has 2 nitrogen and oxygen atoms in total. The van der Waals surface area contributed by atoms with E-state index in [2.05, 4.69) is 6.58 Å². The van der Waals surface area contributed by atoms with Crippen LogP contribution in [0, 0.1) is 0 Å². The molecule has 0 atom stereocenters. The van der Waals surface area contributed by atoms with Gasteiger partial charge in [0.1, 0.15) is 0 Å². The molecule has 2 heteroatoms. The van der Waals surface area contributed by atoms with Gasteiger partial charge in [-0.3, -0.25) is 4.79 Å². The Hall–Kier alpha value is -1.05. The van der Waals surface area contributed by atoms with Crippen LogP contribution in [0.25, 0.3) is 0 Å². The van der Waals surface area contributed by atoms with Gasteiger partial charge in [-0.2, -0.15) is 0 Å². The molecule has 0 saturated carbocycles. The third kappa shape index (κ3) is 1.10. The fraction of sp³-hybridized carbons (Fsp3) is 0.375. The number of hydrogen-bond donors (Lipinski definition) is 1. The quantitative estimate of drug-likeness (QED) is 0.521. The number of nitrogens with two attached hydrogens (primary N) is 1. The molecule has 0 fully saturated rings. The van der Waals surface area contributed by atoms with Crippen LogP contribution in [-0.4, -0.2) is 5.78 Å². The minimum Gasteiger partial charge on any atom is -0.395 e. The van der Waals surface area contributed by atoms with E-state index in [0.29, 0.717) is 11.3 Å². The first-order chi connectivity index (χ1) is 4.64. The van der Waals surface area contributed by atoms with Gasteiger partial charge in [0.25, 0.3) is 0 Å². The maximum absolute atomic E-state index is 10.5. The molecule has 0 amide bonds. The average molecular weight is 141 g/mol. The van der Waals surface area contributed by atoms with Crippen LogP contribution in [0.15, 0.2) is 23.4 Å². The molecule has 58 valence electrons. The summed E-state index contributed by atoms with van der Waals surface area (Å²) in [7, 11) is 0. The Morgan fingerprint density at radius 3 is 2.00 bits per heavy atom. The molecule has 0 radical (unpaired) electrons. The maximum atomic E-state index is 10.5. The molecule has 1 aliphatic rings. The van der Waals surface area contributed by atoms with Gasteiger partial charge in [0.2, 0.25) is 5.78 Å². The summed E-state index contributed by atoms with van der Waals surface area (Å²) in [5.41, 5.74) is 7.00. The molecule has 0 unspecified atom stereocenters. The normalized spacial score (nSPS) is 15.9. The first kappa shape index (κ1) is 8.95. The van der Waals surface area contributed by atoms with Gasteiger partial charge in [-0.05, 0) is 12.5 Å². The summed E-state index contributed by atoms with van der Waals surface area (Å²) in [5.74, 6) is -0.0949. The van der Waals surface area contributed by atoms with Gasteiger partial charge >= 0.3 is 0 Å². The highest BCUT2D eigenvalue weighted by Crippen LogP contribution is 2.23. The van der Waals surface area contributed by atoms with Crippen molar-refractivity contribution in [1.82, 2.24) is 0 Å². The average Bonchev–Trinajstić information content (AvgIpc) is 2.04. The fourth-order valence-electron chi connectivity index (χ4n) is 0.603. The maximum Gasteiger partial charge on any atom is 0.208 e. The van der Waals surface area contributed by atoms with E-state index in [1.807, 2.05) is 13.8 Å². The summed E-state index contributed by atoms with van der Waals surface area (Å²) in [6, 6.07) is 0. The Morgan fingerprint density at radius 2 is 1.90 bits per heavy atom. The number of allylic oxidation sites excluding steroid dienone is 2. The first-order valence-corrected chi connectivity index (χ1v) is 3.35. The number of ketones is 1. The largest absolute Gasteiger partial charge is 0.395 e. The van der Waals surface area contributed by atoms with Crippen molar-refractivity contribution < 1.29 is 6.22 Å². The Balaban J connectivity index is 0. The highest BCUT2D eigenvalue weighted by molar-refractivity contribution is 6.18. The Kier molecular flexibility index (Phi) is 2.87. The zero-order valence-electron chi connectivity index (χ0n) is 6.69. The SMILES string of the molecule is C=C1C(=O)C(N)=C1C.CC.[HH]. The van der Waals surface area contributed by atoms with E-state index in [0.717, 1.165) is 5.57 Å². The van der Waals surface area contributed by atoms with Crippen LogP contribution >= 0.6 is 0 Å². The summed E-state index contributed by atoms with van der Waals surface area (Å²) in [4.78, 5) is 10.5. The van der Waals surface area contributed by atoms with Crippen molar-refractivity contribution in [1.29, 1.82) is 0 Å². The first-order valence-electron chi connectivity index (χ1n) is 3.35. The van der Waals surface area contributed by atoms with Crippen molar-refractivity contribution >= 4 is 5.78 Å². The monoisotopic (exact) mass is 141 g/mol. The Morgan fingerprint density at radius 1 is 1.50 bits per heavy atom. The second-order valence-electron chi connectivity index (χ2n) is 1.85. The van der Waals surface area contributed by atoms with Gasteiger partial charge in [0.05, 0.1) is 5.70 Å². The molecule has 0 aromatic heterocycles. The highest BCUT2D eigenvalue weighted by atomic mass is 16.1. The van der Waals surface area contributed by atoms with Crippen LogP contribution in [0.4, 0.5) is 0 Å². The van der Waals surface area contributed by atoms with Gasteiger partial charge in [-0.15, -0.1) is 0 Å². The zero-order valence-corrected chi connectivity index (χ0v) is 6.69. The number of carbonyl (C=O) groups is 1. The van der Waals surface area contributed by atoms with Crippen molar-refractivity contribution in [2.75, 3.05) is 0 Å². The third-order valence-electron chi connectivity index (χ3n) is 1.38. The van der Waals surface area contributed by atoms with Crippen molar-refractivity contribution in [2.24, 2.45) is 5.73 Å². The van der Waals surface area contributed by atoms with Gasteiger partial charge in [0, 0.05) is 7.00 Å². The molecule has 0 aliphatic heterocycles. The smallest absolute Gasteiger partial charge is 0.208 e. The minimum absolute atomic E-state index is 0. The Labute approximate surface area is 62.9 Å². The summed E-state index contributed by atoms with van der Waals surface area (Å²) in [6.45, 7) is 9.28. The zero-order chi connectivity index (χ0) is 8.31. The van der Waals surface area contributed by atoms with Gasteiger partial charge in [0.15, 0.2) is 0 Å². The van der Waals surface area contributed by atoms with E-state index in [1.54, 1.807) is 6.92 Å². The van der Waals surface area contributed by atoms with Crippen LogP contribution in [0.3, 0.4) is 0 Å². The number of rotatable bonds is 0. The van der Waals surface area contributed by atoms with Crippen LogP contribution in [0.1, 0.15) is 22.2 Å². The van der Waals surface area contributed by atoms with E-state index in [4.69, 9.17) is 5.73 Å². The van der Waals surface area contributed by atoms with Crippen LogP contribution in [0.5, 0.6) is 0 Å². The van der Waals surface area contributed by atoms with Crippen molar-refractivity contribution in [3.63, 3.8) is 0 Å². The lowest BCUT2D eigenvalue weighted by Crippen LogP contribution is -2.25. The standard InChI is InChI=1S/C6H7NO.C2H6.H2/c1-3-4(2)6(8)5(3)7;1-2;/h2,7H2,1H3;1-2H3;1H. The molecular weight excluding hydrogens is 126 g/mol. The second-order valence-corrected chi connectivity index (χ2v) is 1.85.